The molecule has 0 radical (unpaired) electrons. The monoisotopic (exact) mass is 359 g/mol. The lowest BCUT2D eigenvalue weighted by molar-refractivity contribution is 0.0526. The molecule has 1 N–H and O–H groups in total. The molecule has 2 aromatic rings. The van der Waals surface area contributed by atoms with Gasteiger partial charge in [0.2, 0.25) is 5.75 Å². The first kappa shape index (κ1) is 19.1. The number of nitrogens with one attached hydrogen (secondary N) is 1. The van der Waals surface area contributed by atoms with Crippen molar-refractivity contribution in [3.8, 4) is 17.2 Å². The van der Waals surface area contributed by atoms with Gasteiger partial charge in [-0.05, 0) is 37.3 Å². The smallest absolute Gasteiger partial charge is 0.338 e. The van der Waals surface area contributed by atoms with E-state index in [1.165, 1.54) is 21.3 Å². The summed E-state index contributed by atoms with van der Waals surface area (Å²) < 4.78 is 20.8. The summed E-state index contributed by atoms with van der Waals surface area (Å²) in [6, 6.07) is 9.69. The minimum Gasteiger partial charge on any atom is -0.493 e. The van der Waals surface area contributed by atoms with Gasteiger partial charge < -0.3 is 24.3 Å². The summed E-state index contributed by atoms with van der Waals surface area (Å²) in [6.45, 7) is 2.01. The van der Waals surface area contributed by atoms with E-state index in [-0.39, 0.29) is 17.9 Å². The highest BCUT2D eigenvalue weighted by atomic mass is 16.5. The number of hydrogen-bond donors (Lipinski definition) is 1. The maximum Gasteiger partial charge on any atom is 0.338 e. The van der Waals surface area contributed by atoms with Crippen molar-refractivity contribution < 1.29 is 28.5 Å². The van der Waals surface area contributed by atoms with Crippen LogP contribution in [-0.2, 0) is 4.74 Å². The Hall–Kier alpha value is -3.22. The van der Waals surface area contributed by atoms with E-state index >= 15 is 0 Å². The highest BCUT2D eigenvalue weighted by Crippen LogP contribution is 2.39. The number of rotatable bonds is 7. The molecule has 0 atom stereocenters. The van der Waals surface area contributed by atoms with Crippen LogP contribution in [0.3, 0.4) is 0 Å². The third kappa shape index (κ3) is 4.05. The van der Waals surface area contributed by atoms with E-state index in [4.69, 9.17) is 18.9 Å². The van der Waals surface area contributed by atoms with Crippen LogP contribution in [0.2, 0.25) is 0 Å². The molecule has 0 saturated carbocycles. The van der Waals surface area contributed by atoms with Crippen molar-refractivity contribution in [2.75, 3.05) is 33.3 Å². The largest absolute Gasteiger partial charge is 0.493 e. The molecular weight excluding hydrogens is 338 g/mol. The van der Waals surface area contributed by atoms with Crippen LogP contribution in [0.4, 0.5) is 5.69 Å². The molecule has 0 fully saturated rings. The van der Waals surface area contributed by atoms with Crippen molar-refractivity contribution in [2.45, 2.75) is 6.92 Å². The van der Waals surface area contributed by atoms with Crippen molar-refractivity contribution in [2.24, 2.45) is 0 Å². The fourth-order valence-corrected chi connectivity index (χ4v) is 2.42. The van der Waals surface area contributed by atoms with E-state index in [0.29, 0.717) is 22.7 Å². The van der Waals surface area contributed by atoms with Crippen LogP contribution in [0.1, 0.15) is 27.6 Å². The molecule has 26 heavy (non-hydrogen) atoms. The first-order valence-corrected chi connectivity index (χ1v) is 7.93. The summed E-state index contributed by atoms with van der Waals surface area (Å²) >= 11 is 0. The molecule has 0 aliphatic carbocycles. The van der Waals surface area contributed by atoms with Gasteiger partial charge in [0.15, 0.2) is 11.5 Å². The van der Waals surface area contributed by atoms with Gasteiger partial charge in [-0.2, -0.15) is 0 Å². The predicted molar refractivity (Wildman–Crippen MR) is 96.4 cm³/mol. The highest BCUT2D eigenvalue weighted by Gasteiger charge is 2.21. The molecule has 7 nitrogen and oxygen atoms in total. The number of methoxy groups -OCH3 is 3. The molecule has 2 rings (SSSR count). The maximum atomic E-state index is 12.7. The third-order valence-electron chi connectivity index (χ3n) is 3.58. The maximum absolute atomic E-state index is 12.7. The molecule has 0 bridgehead atoms. The van der Waals surface area contributed by atoms with E-state index in [1.54, 1.807) is 43.3 Å². The highest BCUT2D eigenvalue weighted by molar-refractivity contribution is 6.07. The number of carbonyl (C=O) groups excluding carboxylic acids is 2. The Morgan fingerprint density at radius 1 is 0.962 bits per heavy atom. The van der Waals surface area contributed by atoms with Gasteiger partial charge in [0.25, 0.3) is 5.91 Å². The average Bonchev–Trinajstić information content (AvgIpc) is 2.66. The van der Waals surface area contributed by atoms with E-state index < -0.39 is 11.9 Å². The Bertz CT molecular complexity index is 803. The van der Waals surface area contributed by atoms with E-state index in [2.05, 4.69) is 5.32 Å². The van der Waals surface area contributed by atoms with Gasteiger partial charge in [0.05, 0.1) is 39.1 Å². The lowest BCUT2D eigenvalue weighted by Gasteiger charge is -2.15. The van der Waals surface area contributed by atoms with E-state index in [0.717, 1.165) is 0 Å². The zero-order valence-corrected chi connectivity index (χ0v) is 15.1. The van der Waals surface area contributed by atoms with Gasteiger partial charge in [0.1, 0.15) is 0 Å². The molecule has 0 heterocycles. The number of carbonyl (C=O) groups is 2. The quantitative estimate of drug-likeness (QED) is 0.765. The van der Waals surface area contributed by atoms with Crippen LogP contribution in [0.25, 0.3) is 0 Å². The predicted octanol–water partition coefficient (Wildman–Crippen LogP) is 3.14. The number of amides is 1. The molecule has 7 heteroatoms. The van der Waals surface area contributed by atoms with Gasteiger partial charge >= 0.3 is 5.97 Å². The van der Waals surface area contributed by atoms with Crippen LogP contribution in [0, 0.1) is 0 Å². The Morgan fingerprint density at radius 2 is 1.69 bits per heavy atom. The van der Waals surface area contributed by atoms with E-state index in [9.17, 15) is 9.59 Å². The first-order valence-electron chi connectivity index (χ1n) is 7.93. The van der Waals surface area contributed by atoms with Crippen molar-refractivity contribution in [1.82, 2.24) is 0 Å². The topological polar surface area (TPSA) is 83.1 Å². The van der Waals surface area contributed by atoms with Crippen LogP contribution in [0.5, 0.6) is 17.2 Å². The van der Waals surface area contributed by atoms with Gasteiger partial charge in [-0.15, -0.1) is 0 Å². The molecule has 1 amide bonds. The molecule has 2 aromatic carbocycles. The second kappa shape index (κ2) is 8.75. The summed E-state index contributed by atoms with van der Waals surface area (Å²) in [4.78, 5) is 24.5. The summed E-state index contributed by atoms with van der Waals surface area (Å²) in [7, 11) is 4.40. The van der Waals surface area contributed by atoms with Crippen LogP contribution in [0.15, 0.2) is 36.4 Å². The Kier molecular flexibility index (Phi) is 6.43. The summed E-state index contributed by atoms with van der Waals surface area (Å²) in [5.41, 5.74) is 1.08. The Labute approximate surface area is 151 Å². The minimum atomic E-state index is -0.452. The molecule has 0 unspecified atom stereocenters. The zero-order valence-electron chi connectivity index (χ0n) is 15.1. The Morgan fingerprint density at radius 3 is 2.31 bits per heavy atom. The van der Waals surface area contributed by atoms with Crippen LogP contribution >= 0.6 is 0 Å². The SMILES string of the molecule is CCOC(=O)c1cccc(NC(=O)c2ccc(OC)c(OC)c2OC)c1. The van der Waals surface area contributed by atoms with Crippen LogP contribution in [-0.4, -0.2) is 39.8 Å². The van der Waals surface area contributed by atoms with Crippen molar-refractivity contribution >= 4 is 17.6 Å². The summed E-state index contributed by atoms with van der Waals surface area (Å²) in [6.07, 6.45) is 0. The molecule has 0 aliphatic heterocycles. The second-order valence-corrected chi connectivity index (χ2v) is 5.14. The fraction of sp³-hybridized carbons (Fsp3) is 0.263. The van der Waals surface area contributed by atoms with Gasteiger partial charge in [0, 0.05) is 5.69 Å². The first-order chi connectivity index (χ1) is 12.5. The van der Waals surface area contributed by atoms with Gasteiger partial charge in [-0.1, -0.05) is 6.07 Å². The number of ether oxygens (including phenoxy) is 4. The van der Waals surface area contributed by atoms with Crippen LogP contribution < -0.4 is 19.5 Å². The lowest BCUT2D eigenvalue weighted by Crippen LogP contribution is -2.14. The van der Waals surface area contributed by atoms with E-state index in [1.807, 2.05) is 0 Å². The molecule has 0 spiro atoms. The fourth-order valence-electron chi connectivity index (χ4n) is 2.42. The number of esters is 1. The van der Waals surface area contributed by atoms with Crippen molar-refractivity contribution in [1.29, 1.82) is 0 Å². The number of anilines is 1. The van der Waals surface area contributed by atoms with Crippen molar-refractivity contribution in [3.63, 3.8) is 0 Å². The zero-order chi connectivity index (χ0) is 19.1. The number of hydrogen-bond acceptors (Lipinski definition) is 6. The summed E-state index contributed by atoms with van der Waals surface area (Å²) in [5.74, 6) is 0.162. The molecule has 0 saturated heterocycles. The minimum absolute atomic E-state index is 0.255. The molecule has 0 aromatic heterocycles. The molecular formula is C19H21NO6. The summed E-state index contributed by atoms with van der Waals surface area (Å²) in [5, 5.41) is 2.74. The lowest BCUT2D eigenvalue weighted by atomic mass is 10.1. The standard InChI is InChI=1S/C19H21NO6/c1-5-26-19(22)12-7-6-8-13(11-12)20-18(21)14-9-10-15(23-2)17(25-4)16(14)24-3/h6-11H,5H2,1-4H3,(H,20,21). The second-order valence-electron chi connectivity index (χ2n) is 5.14. The van der Waals surface area contributed by atoms with Gasteiger partial charge in [-0.3, -0.25) is 4.79 Å². The normalized spacial score (nSPS) is 10.0. The average molecular weight is 359 g/mol. The third-order valence-corrected chi connectivity index (χ3v) is 3.58. The Balaban J connectivity index is 2.31. The van der Waals surface area contributed by atoms with Gasteiger partial charge in [-0.25, -0.2) is 4.79 Å². The molecule has 138 valence electrons. The molecule has 0 aliphatic rings. The van der Waals surface area contributed by atoms with Crippen molar-refractivity contribution in [3.05, 3.63) is 47.5 Å². The number of benzene rings is 2.